The normalized spacial score (nSPS) is 12.4. The van der Waals surface area contributed by atoms with E-state index in [1.54, 1.807) is 30.1 Å². The predicted octanol–water partition coefficient (Wildman–Crippen LogP) is 3.72. The van der Waals surface area contributed by atoms with Gasteiger partial charge in [0.1, 0.15) is 0 Å². The molecule has 0 fully saturated rings. The van der Waals surface area contributed by atoms with Crippen LogP contribution in [0.3, 0.4) is 0 Å². The molecule has 0 heterocycles. The van der Waals surface area contributed by atoms with Gasteiger partial charge in [-0.3, -0.25) is 4.79 Å². The summed E-state index contributed by atoms with van der Waals surface area (Å²) in [5, 5.41) is 1.12. The third-order valence-electron chi connectivity index (χ3n) is 3.83. The topological polar surface area (TPSA) is 46.3 Å². The van der Waals surface area contributed by atoms with Crippen LogP contribution in [0.25, 0.3) is 0 Å². The van der Waals surface area contributed by atoms with Gasteiger partial charge >= 0.3 is 0 Å². The zero-order valence-electron chi connectivity index (χ0n) is 12.6. The maximum absolute atomic E-state index is 12.6. The summed E-state index contributed by atoms with van der Waals surface area (Å²) in [4.78, 5) is 14.2. The third-order valence-corrected chi connectivity index (χ3v) is 4.27. The molecule has 0 unspecified atom stereocenters. The molecule has 1 rings (SSSR count). The van der Waals surface area contributed by atoms with Crippen molar-refractivity contribution in [2.24, 2.45) is 11.1 Å². The number of amides is 1. The average molecular weight is 317 g/mol. The molecular formula is C15H22Cl2N2O. The van der Waals surface area contributed by atoms with Gasteiger partial charge in [-0.2, -0.15) is 0 Å². The first-order valence-electron chi connectivity index (χ1n) is 6.44. The van der Waals surface area contributed by atoms with Gasteiger partial charge in [0.25, 0.3) is 0 Å². The molecule has 5 heteroatoms. The van der Waals surface area contributed by atoms with Crippen molar-refractivity contribution in [3.63, 3.8) is 0 Å². The second-order valence-electron chi connectivity index (χ2n) is 6.29. The standard InChI is InChI=1S/C15H22Cl2N2O/c1-14(2,15(3,4)18)13(20)19(5)9-10-6-11(16)8-12(17)7-10/h6-8H,9,18H2,1-5H3. The van der Waals surface area contributed by atoms with Gasteiger partial charge in [0.2, 0.25) is 5.91 Å². The van der Waals surface area contributed by atoms with Gasteiger partial charge in [-0.1, -0.05) is 23.2 Å². The Morgan fingerprint density at radius 3 is 2.00 bits per heavy atom. The second kappa shape index (κ2) is 5.92. The van der Waals surface area contributed by atoms with Gasteiger partial charge < -0.3 is 10.6 Å². The number of rotatable bonds is 4. The molecule has 0 aliphatic carbocycles. The van der Waals surface area contributed by atoms with E-state index in [1.807, 2.05) is 27.7 Å². The van der Waals surface area contributed by atoms with E-state index in [4.69, 9.17) is 28.9 Å². The fraction of sp³-hybridized carbons (Fsp3) is 0.533. The van der Waals surface area contributed by atoms with Crippen molar-refractivity contribution in [1.82, 2.24) is 4.90 Å². The van der Waals surface area contributed by atoms with Gasteiger partial charge in [-0.05, 0) is 51.5 Å². The summed E-state index contributed by atoms with van der Waals surface area (Å²) in [5.74, 6) is -0.0129. The molecule has 0 atom stereocenters. The summed E-state index contributed by atoms with van der Waals surface area (Å²) in [5.41, 5.74) is 5.73. The zero-order valence-corrected chi connectivity index (χ0v) is 14.1. The smallest absolute Gasteiger partial charge is 0.230 e. The van der Waals surface area contributed by atoms with Gasteiger partial charge in [0.15, 0.2) is 0 Å². The lowest BCUT2D eigenvalue weighted by Crippen LogP contribution is -2.55. The zero-order chi connectivity index (χ0) is 15.7. The van der Waals surface area contributed by atoms with Crippen molar-refractivity contribution in [2.45, 2.75) is 39.8 Å². The molecule has 1 aromatic rings. The van der Waals surface area contributed by atoms with E-state index >= 15 is 0 Å². The van der Waals surface area contributed by atoms with E-state index in [0.717, 1.165) is 5.56 Å². The average Bonchev–Trinajstić information content (AvgIpc) is 2.24. The Kier molecular flexibility index (Phi) is 5.12. The number of nitrogens with zero attached hydrogens (tertiary/aromatic N) is 1. The van der Waals surface area contributed by atoms with Crippen molar-refractivity contribution >= 4 is 29.1 Å². The SMILES string of the molecule is CN(Cc1cc(Cl)cc(Cl)c1)C(=O)C(C)(C)C(C)(C)N. The lowest BCUT2D eigenvalue weighted by Gasteiger charge is -2.39. The van der Waals surface area contributed by atoms with E-state index in [9.17, 15) is 4.79 Å². The van der Waals surface area contributed by atoms with Crippen molar-refractivity contribution in [2.75, 3.05) is 7.05 Å². The highest BCUT2D eigenvalue weighted by Gasteiger charge is 2.41. The first-order chi connectivity index (χ1) is 8.95. The fourth-order valence-corrected chi connectivity index (χ4v) is 2.37. The minimum absolute atomic E-state index is 0.0129. The van der Waals surface area contributed by atoms with Crippen LogP contribution in [0, 0.1) is 5.41 Å². The van der Waals surface area contributed by atoms with Gasteiger partial charge in [-0.15, -0.1) is 0 Å². The number of halogens is 2. The highest BCUT2D eigenvalue weighted by Crippen LogP contribution is 2.31. The summed E-state index contributed by atoms with van der Waals surface area (Å²) in [6.45, 7) is 7.87. The van der Waals surface area contributed by atoms with Crippen LogP contribution in [0.5, 0.6) is 0 Å². The van der Waals surface area contributed by atoms with Gasteiger partial charge in [0, 0.05) is 29.2 Å². The highest BCUT2D eigenvalue weighted by molar-refractivity contribution is 6.34. The summed E-state index contributed by atoms with van der Waals surface area (Å²) in [6, 6.07) is 5.27. The van der Waals surface area contributed by atoms with Crippen LogP contribution in [0.4, 0.5) is 0 Å². The molecule has 0 saturated carbocycles. The van der Waals surface area contributed by atoms with Gasteiger partial charge in [0.05, 0.1) is 5.41 Å². The van der Waals surface area contributed by atoms with Crippen LogP contribution in [0.2, 0.25) is 10.0 Å². The lowest BCUT2D eigenvalue weighted by atomic mass is 9.74. The van der Waals surface area contributed by atoms with Crippen molar-refractivity contribution < 1.29 is 4.79 Å². The molecular weight excluding hydrogens is 295 g/mol. The van der Waals surface area contributed by atoms with Crippen LogP contribution >= 0.6 is 23.2 Å². The number of nitrogens with two attached hydrogens (primary N) is 1. The molecule has 3 nitrogen and oxygen atoms in total. The fourth-order valence-electron chi connectivity index (χ4n) is 1.80. The molecule has 0 aromatic heterocycles. The van der Waals surface area contributed by atoms with Gasteiger partial charge in [-0.25, -0.2) is 0 Å². The van der Waals surface area contributed by atoms with E-state index < -0.39 is 11.0 Å². The minimum atomic E-state index is -0.663. The third kappa shape index (κ3) is 3.87. The van der Waals surface area contributed by atoms with Crippen LogP contribution in [-0.2, 0) is 11.3 Å². The summed E-state index contributed by atoms with van der Waals surface area (Å²) in [6.07, 6.45) is 0. The maximum atomic E-state index is 12.6. The Bertz CT molecular complexity index is 487. The second-order valence-corrected chi connectivity index (χ2v) is 7.16. The minimum Gasteiger partial charge on any atom is -0.341 e. The summed E-state index contributed by atoms with van der Waals surface area (Å²) >= 11 is 11.9. The Labute approximate surface area is 131 Å². The van der Waals surface area contributed by atoms with Crippen LogP contribution in [0.15, 0.2) is 18.2 Å². The van der Waals surface area contributed by atoms with Crippen LogP contribution in [-0.4, -0.2) is 23.4 Å². The van der Waals surface area contributed by atoms with Crippen LogP contribution < -0.4 is 5.73 Å². The maximum Gasteiger partial charge on any atom is 0.230 e. The first-order valence-corrected chi connectivity index (χ1v) is 7.20. The number of hydrogen-bond donors (Lipinski definition) is 1. The molecule has 0 bridgehead atoms. The Balaban J connectivity index is 2.91. The quantitative estimate of drug-likeness (QED) is 0.920. The first kappa shape index (κ1) is 17.3. The summed E-state index contributed by atoms with van der Waals surface area (Å²) in [7, 11) is 1.75. The lowest BCUT2D eigenvalue weighted by molar-refractivity contribution is -0.142. The van der Waals surface area contributed by atoms with E-state index in [1.165, 1.54) is 0 Å². The number of carbonyl (C=O) groups is 1. The number of benzene rings is 1. The Morgan fingerprint density at radius 2 is 1.60 bits per heavy atom. The van der Waals surface area contributed by atoms with Crippen LogP contribution in [0.1, 0.15) is 33.3 Å². The van der Waals surface area contributed by atoms with Crippen molar-refractivity contribution in [1.29, 1.82) is 0 Å². The predicted molar refractivity (Wildman–Crippen MR) is 85.0 cm³/mol. The van der Waals surface area contributed by atoms with E-state index in [0.29, 0.717) is 16.6 Å². The molecule has 0 radical (unpaired) electrons. The highest BCUT2D eigenvalue weighted by atomic mass is 35.5. The van der Waals surface area contributed by atoms with Crippen molar-refractivity contribution in [3.05, 3.63) is 33.8 Å². The summed E-state index contributed by atoms with van der Waals surface area (Å²) < 4.78 is 0. The van der Waals surface area contributed by atoms with Crippen molar-refractivity contribution in [3.8, 4) is 0 Å². The molecule has 1 aromatic carbocycles. The molecule has 1 amide bonds. The Morgan fingerprint density at radius 1 is 1.15 bits per heavy atom. The Hall–Kier alpha value is -0.770. The molecule has 0 spiro atoms. The molecule has 112 valence electrons. The molecule has 20 heavy (non-hydrogen) atoms. The number of carbonyl (C=O) groups excluding carboxylic acids is 1. The number of hydrogen-bond acceptors (Lipinski definition) is 2. The molecule has 0 aliphatic heterocycles. The van der Waals surface area contributed by atoms with E-state index in [2.05, 4.69) is 0 Å². The molecule has 2 N–H and O–H groups in total. The van der Waals surface area contributed by atoms with E-state index in [-0.39, 0.29) is 5.91 Å². The molecule has 0 saturated heterocycles. The monoisotopic (exact) mass is 316 g/mol. The largest absolute Gasteiger partial charge is 0.341 e. The molecule has 0 aliphatic rings.